The molecule has 0 atom stereocenters. The van der Waals surface area contributed by atoms with E-state index >= 15 is 0 Å². The molecule has 17 rings (SSSR count). The molecule has 0 bridgehead atoms. The average molecular weight is 1290 g/mol. The van der Waals surface area contributed by atoms with Crippen molar-refractivity contribution < 1.29 is 0 Å². The van der Waals surface area contributed by atoms with Gasteiger partial charge in [0.25, 0.3) is 6.71 Å². The molecule has 0 N–H and O–H groups in total. The minimum Gasteiger partial charge on any atom is -0.310 e. The number of unbranched alkanes of at least 4 members (excludes halogenated alkanes) is 1. The molecule has 4 heteroatoms. The van der Waals surface area contributed by atoms with Crippen LogP contribution >= 0.6 is 0 Å². The zero-order valence-corrected chi connectivity index (χ0v) is 58.1. The first-order chi connectivity index (χ1) is 48.8. The third-order valence-electron chi connectivity index (χ3n) is 21.0. The lowest BCUT2D eigenvalue weighted by molar-refractivity contribution is 0.590. The van der Waals surface area contributed by atoms with E-state index in [2.05, 4.69) is 384 Å². The molecule has 15 aromatic rings. The molecule has 3 nitrogen and oxygen atoms in total. The Bertz CT molecular complexity index is 5380. The van der Waals surface area contributed by atoms with Crippen LogP contribution in [0.1, 0.15) is 78.0 Å². The minimum atomic E-state index is -0.213. The molecule has 0 amide bonds. The summed E-state index contributed by atoms with van der Waals surface area (Å²) in [5.41, 5.74) is 34.3. The van der Waals surface area contributed by atoms with Gasteiger partial charge in [0.05, 0.1) is 22.4 Å². The van der Waals surface area contributed by atoms with Crippen molar-refractivity contribution in [2.24, 2.45) is 0 Å². The smallest absolute Gasteiger partial charge is 0.252 e. The van der Waals surface area contributed by atoms with Gasteiger partial charge in [0.2, 0.25) is 0 Å². The van der Waals surface area contributed by atoms with Crippen LogP contribution in [0.5, 0.6) is 0 Å². The molecule has 0 fully saturated rings. The number of benzene rings is 14. The van der Waals surface area contributed by atoms with Crippen LogP contribution in [0.15, 0.2) is 322 Å². The van der Waals surface area contributed by atoms with Gasteiger partial charge in [0.15, 0.2) is 0 Å². The van der Waals surface area contributed by atoms with Crippen molar-refractivity contribution in [1.29, 1.82) is 0 Å². The van der Waals surface area contributed by atoms with Crippen molar-refractivity contribution in [2.45, 2.75) is 78.6 Å². The molecule has 0 saturated carbocycles. The second-order valence-electron chi connectivity index (χ2n) is 29.5. The minimum absolute atomic E-state index is 0.0497. The van der Waals surface area contributed by atoms with Gasteiger partial charge in [0, 0.05) is 61.5 Å². The summed E-state index contributed by atoms with van der Waals surface area (Å²) in [7, 11) is 0. The van der Waals surface area contributed by atoms with Crippen LogP contribution in [0.4, 0.5) is 34.1 Å². The van der Waals surface area contributed by atoms with Crippen LogP contribution < -0.4 is 26.2 Å². The molecule has 0 spiro atoms. The maximum atomic E-state index is 2.74. The maximum Gasteiger partial charge on any atom is 0.252 e. The third-order valence-corrected chi connectivity index (χ3v) is 21.0. The Morgan fingerprint density at radius 2 is 0.680 bits per heavy atom. The molecule has 0 aliphatic carbocycles. The SMILES string of the molecule is CCCCc1cc2c3c(c1)N(c1c(-c4ccccc4)cc(-c4ccccc4)cc1-c1ccccc1)c1cc(-n4c5ccc(C(C)(C)C)cc5c5cc(C(C)(C)C)ccc54)ccc1B3c1cc(-c3ccccc3)ccc1N2c1c(-c2ccccc2)cc(-c2ccccc2)cc1-c1ccccc1. The Kier molecular flexibility index (Phi) is 15.6. The first-order valence-corrected chi connectivity index (χ1v) is 35.7. The van der Waals surface area contributed by atoms with Gasteiger partial charge in [-0.2, -0.15) is 0 Å². The summed E-state index contributed by atoms with van der Waals surface area (Å²) in [5, 5.41) is 2.54. The summed E-state index contributed by atoms with van der Waals surface area (Å²) >= 11 is 0. The molecule has 0 saturated heterocycles. The Labute approximate surface area is 590 Å². The summed E-state index contributed by atoms with van der Waals surface area (Å²) in [6.07, 6.45) is 2.99. The van der Waals surface area contributed by atoms with E-state index in [0.29, 0.717) is 0 Å². The molecule has 3 heterocycles. The van der Waals surface area contributed by atoms with E-state index in [1.165, 1.54) is 94.1 Å². The van der Waals surface area contributed by atoms with Crippen molar-refractivity contribution in [3.8, 4) is 83.6 Å². The van der Waals surface area contributed by atoms with E-state index in [0.717, 1.165) is 97.8 Å². The van der Waals surface area contributed by atoms with Gasteiger partial charge in [-0.3, -0.25) is 0 Å². The third kappa shape index (κ3) is 10.9. The fourth-order valence-electron chi connectivity index (χ4n) is 15.9. The highest BCUT2D eigenvalue weighted by atomic mass is 15.2. The molecule has 482 valence electrons. The Balaban J connectivity index is 1.05. The van der Waals surface area contributed by atoms with Crippen LogP contribution in [0, 0.1) is 0 Å². The zero-order valence-electron chi connectivity index (χ0n) is 58.1. The summed E-state index contributed by atoms with van der Waals surface area (Å²) in [6.45, 7) is 16.1. The van der Waals surface area contributed by atoms with Gasteiger partial charge in [-0.05, 0) is 191 Å². The lowest BCUT2D eigenvalue weighted by Crippen LogP contribution is -2.61. The molecule has 14 aromatic carbocycles. The maximum absolute atomic E-state index is 2.74. The summed E-state index contributed by atoms with van der Waals surface area (Å²) in [4.78, 5) is 5.45. The highest BCUT2D eigenvalue weighted by Gasteiger charge is 2.46. The number of anilines is 6. The predicted molar refractivity (Wildman–Crippen MR) is 429 cm³/mol. The number of nitrogens with zero attached hydrogens (tertiary/aromatic N) is 3. The van der Waals surface area contributed by atoms with Crippen LogP contribution in [-0.4, -0.2) is 11.3 Å². The quantitative estimate of drug-likeness (QED) is 0.107. The van der Waals surface area contributed by atoms with Crippen LogP contribution in [0.2, 0.25) is 0 Å². The molecule has 100 heavy (non-hydrogen) atoms. The molecule has 0 unspecified atom stereocenters. The molecular weight excluding hydrogens is 1210 g/mol. The lowest BCUT2D eigenvalue weighted by atomic mass is 9.33. The van der Waals surface area contributed by atoms with E-state index < -0.39 is 0 Å². The average Bonchev–Trinajstić information content (AvgIpc) is 0.698. The highest BCUT2D eigenvalue weighted by molar-refractivity contribution is 7.00. The molecule has 2 aliphatic rings. The van der Waals surface area contributed by atoms with Crippen molar-refractivity contribution in [3.05, 3.63) is 338 Å². The van der Waals surface area contributed by atoms with E-state index in [1.54, 1.807) is 0 Å². The van der Waals surface area contributed by atoms with Crippen LogP contribution in [-0.2, 0) is 17.3 Å². The second kappa shape index (κ2) is 25.1. The normalized spacial score (nSPS) is 12.6. The Hall–Kier alpha value is -11.5. The second-order valence-corrected chi connectivity index (χ2v) is 29.5. The van der Waals surface area contributed by atoms with E-state index in [4.69, 9.17) is 0 Å². The zero-order chi connectivity index (χ0) is 67.8. The largest absolute Gasteiger partial charge is 0.310 e. The van der Waals surface area contributed by atoms with Gasteiger partial charge >= 0.3 is 0 Å². The number of fused-ring (bicyclic) bond motifs is 7. The highest BCUT2D eigenvalue weighted by Crippen LogP contribution is 2.55. The summed E-state index contributed by atoms with van der Waals surface area (Å²) < 4.78 is 2.56. The van der Waals surface area contributed by atoms with Crippen molar-refractivity contribution in [3.63, 3.8) is 0 Å². The first-order valence-electron chi connectivity index (χ1n) is 35.7. The van der Waals surface area contributed by atoms with Crippen LogP contribution in [0.25, 0.3) is 105 Å². The Morgan fingerprint density at radius 3 is 1.07 bits per heavy atom. The standard InChI is InChI=1S/C96H80BN3/c1-8-9-31-64-54-90-92-91(55-64)100(94-80(70-42-27-15-28-43-70)58-74(67-36-21-12-22-37-67)59-81(94)71-44-29-16-30-45-71)89-63-77(98-86-52-47-75(95(2,3)4)61-82(86)83-62-76(96(5,6)7)48-53-87(83)98)49-50-84(89)97(92)85-60-72(65-32-17-10-18-33-65)46-51-88(85)99(90)93-78(68-38-23-13-24-39-68)56-73(66-34-19-11-20-35-66)57-79(93)69-40-25-14-26-41-69/h10-30,32-63H,8-9,31H2,1-7H3. The molecule has 1 aromatic heterocycles. The summed E-state index contributed by atoms with van der Waals surface area (Å²) in [6, 6.07) is 122. The monoisotopic (exact) mass is 1290 g/mol. The van der Waals surface area contributed by atoms with Crippen molar-refractivity contribution in [1.82, 2.24) is 4.57 Å². The van der Waals surface area contributed by atoms with Gasteiger partial charge in [-0.15, -0.1) is 0 Å². The van der Waals surface area contributed by atoms with Crippen molar-refractivity contribution >= 4 is 79.0 Å². The molecule has 0 radical (unpaired) electrons. The predicted octanol–water partition coefficient (Wildman–Crippen LogP) is 24.5. The number of hydrogen-bond donors (Lipinski definition) is 0. The van der Waals surface area contributed by atoms with Gasteiger partial charge in [0.1, 0.15) is 0 Å². The van der Waals surface area contributed by atoms with Gasteiger partial charge < -0.3 is 14.4 Å². The van der Waals surface area contributed by atoms with E-state index in [-0.39, 0.29) is 17.5 Å². The number of hydrogen-bond acceptors (Lipinski definition) is 2. The first kappa shape index (κ1) is 62.1. The fourth-order valence-corrected chi connectivity index (χ4v) is 15.9. The Morgan fingerprint density at radius 1 is 0.300 bits per heavy atom. The van der Waals surface area contributed by atoms with Crippen molar-refractivity contribution in [2.75, 3.05) is 9.80 Å². The van der Waals surface area contributed by atoms with Crippen LogP contribution in [0.3, 0.4) is 0 Å². The number of aryl methyl sites for hydroxylation is 1. The topological polar surface area (TPSA) is 11.4 Å². The molecular formula is C96H80BN3. The van der Waals surface area contributed by atoms with E-state index in [9.17, 15) is 0 Å². The lowest BCUT2D eigenvalue weighted by Gasteiger charge is -2.46. The van der Waals surface area contributed by atoms with Gasteiger partial charge in [-0.1, -0.05) is 298 Å². The number of rotatable bonds is 13. The van der Waals surface area contributed by atoms with E-state index in [1.807, 2.05) is 0 Å². The number of aromatic nitrogens is 1. The summed E-state index contributed by atoms with van der Waals surface area (Å²) in [5.74, 6) is 0. The fraction of sp³-hybridized carbons (Fsp3) is 0.125. The van der Waals surface area contributed by atoms with Gasteiger partial charge in [-0.25, -0.2) is 0 Å². The molecule has 2 aliphatic heterocycles.